The number of aromatic nitrogens is 2. The maximum Gasteiger partial charge on any atom is 0.409 e. The highest BCUT2D eigenvalue weighted by molar-refractivity contribution is 5.75. The first kappa shape index (κ1) is 18.0. The van der Waals surface area contributed by atoms with Crippen LogP contribution in [0.2, 0.25) is 0 Å². The number of alkyl halides is 2. The minimum atomic E-state index is -2.64. The molecule has 1 fully saturated rings. The van der Waals surface area contributed by atoms with E-state index in [9.17, 15) is 18.4 Å². The van der Waals surface area contributed by atoms with Gasteiger partial charge in [-0.2, -0.15) is 8.78 Å². The van der Waals surface area contributed by atoms with Crippen molar-refractivity contribution in [3.63, 3.8) is 0 Å². The molecular formula is C14H21F2N5O3. The average Bonchev–Trinajstić information content (AvgIpc) is 3.04. The van der Waals surface area contributed by atoms with Crippen molar-refractivity contribution in [2.24, 2.45) is 0 Å². The number of piperazine rings is 1. The van der Waals surface area contributed by atoms with Crippen molar-refractivity contribution < 1.29 is 23.1 Å². The lowest BCUT2D eigenvalue weighted by atomic mass is 10.3. The van der Waals surface area contributed by atoms with Crippen LogP contribution >= 0.6 is 0 Å². The van der Waals surface area contributed by atoms with Gasteiger partial charge in [0.05, 0.1) is 6.61 Å². The molecule has 24 heavy (non-hydrogen) atoms. The number of nitrogens with one attached hydrogen (secondary N) is 1. The summed E-state index contributed by atoms with van der Waals surface area (Å²) in [6.07, 6.45) is 2.34. The molecule has 1 aliphatic rings. The topological polar surface area (TPSA) is 79.7 Å². The van der Waals surface area contributed by atoms with Crippen molar-refractivity contribution in [1.29, 1.82) is 0 Å². The van der Waals surface area contributed by atoms with Gasteiger partial charge in [-0.3, -0.25) is 4.57 Å². The van der Waals surface area contributed by atoms with Crippen LogP contribution in [0.5, 0.6) is 0 Å². The lowest BCUT2D eigenvalue weighted by molar-refractivity contribution is 0.0669. The lowest BCUT2D eigenvalue weighted by Crippen LogP contribution is -2.53. The van der Waals surface area contributed by atoms with E-state index in [2.05, 4.69) is 10.3 Å². The molecule has 1 aromatic rings. The number of halogens is 2. The van der Waals surface area contributed by atoms with Crippen LogP contribution in [0.15, 0.2) is 12.4 Å². The number of hydrogen-bond acceptors (Lipinski definition) is 4. The molecule has 2 heterocycles. The number of carbonyl (C=O) groups is 2. The summed E-state index contributed by atoms with van der Waals surface area (Å²) in [7, 11) is 0. The molecule has 1 saturated heterocycles. The zero-order valence-electron chi connectivity index (χ0n) is 13.5. The number of urea groups is 1. The van der Waals surface area contributed by atoms with Gasteiger partial charge in [0.2, 0.25) is 0 Å². The van der Waals surface area contributed by atoms with Gasteiger partial charge in [0.1, 0.15) is 5.82 Å². The monoisotopic (exact) mass is 345 g/mol. The smallest absolute Gasteiger partial charge is 0.409 e. The molecule has 1 N–H and O–H groups in total. The summed E-state index contributed by atoms with van der Waals surface area (Å²) in [5.74, 6) is 0.220. The Kier molecular flexibility index (Phi) is 6.33. The Balaban J connectivity index is 1.72. The lowest BCUT2D eigenvalue weighted by Gasteiger charge is -2.34. The molecule has 0 saturated carbocycles. The van der Waals surface area contributed by atoms with Crippen molar-refractivity contribution >= 4 is 12.1 Å². The van der Waals surface area contributed by atoms with Crippen LogP contribution in [0.4, 0.5) is 18.4 Å². The quantitative estimate of drug-likeness (QED) is 0.872. The van der Waals surface area contributed by atoms with Crippen molar-refractivity contribution in [2.75, 3.05) is 39.3 Å². The molecule has 0 aromatic carbocycles. The summed E-state index contributed by atoms with van der Waals surface area (Å²) in [5.41, 5.74) is 0. The van der Waals surface area contributed by atoms with Crippen molar-refractivity contribution in [3.8, 4) is 0 Å². The summed E-state index contributed by atoms with van der Waals surface area (Å²) < 4.78 is 31.0. The Morgan fingerprint density at radius 2 is 1.96 bits per heavy atom. The van der Waals surface area contributed by atoms with E-state index in [0.717, 1.165) is 4.57 Å². The van der Waals surface area contributed by atoms with Crippen molar-refractivity contribution in [2.45, 2.75) is 19.9 Å². The molecule has 0 spiro atoms. The predicted molar refractivity (Wildman–Crippen MR) is 80.8 cm³/mol. The molecule has 1 aliphatic heterocycles. The zero-order chi connectivity index (χ0) is 17.5. The third-order valence-electron chi connectivity index (χ3n) is 3.68. The van der Waals surface area contributed by atoms with Gasteiger partial charge < -0.3 is 19.9 Å². The minimum absolute atomic E-state index is 0.209. The van der Waals surface area contributed by atoms with Crippen LogP contribution in [-0.2, 0) is 11.2 Å². The van der Waals surface area contributed by atoms with Gasteiger partial charge in [-0.1, -0.05) is 0 Å². The minimum Gasteiger partial charge on any atom is -0.450 e. The first-order valence-corrected chi connectivity index (χ1v) is 7.77. The molecule has 0 radical (unpaired) electrons. The third-order valence-corrected chi connectivity index (χ3v) is 3.68. The highest BCUT2D eigenvalue weighted by atomic mass is 19.3. The molecule has 10 heteroatoms. The number of ether oxygens (including phenoxy) is 1. The predicted octanol–water partition coefficient (Wildman–Crippen LogP) is 1.30. The Bertz CT molecular complexity index is 558. The van der Waals surface area contributed by atoms with Crippen LogP contribution in [0.3, 0.4) is 0 Å². The van der Waals surface area contributed by atoms with E-state index in [1.165, 1.54) is 12.4 Å². The van der Waals surface area contributed by atoms with Gasteiger partial charge in [0.15, 0.2) is 0 Å². The summed E-state index contributed by atoms with van der Waals surface area (Å²) in [6.45, 7) is 1.22. The van der Waals surface area contributed by atoms with Gasteiger partial charge >= 0.3 is 18.7 Å². The van der Waals surface area contributed by atoms with Crippen LogP contribution in [-0.4, -0.2) is 70.8 Å². The van der Waals surface area contributed by atoms with Crippen LogP contribution in [0.25, 0.3) is 0 Å². The molecule has 8 nitrogen and oxygen atoms in total. The number of amides is 3. The van der Waals surface area contributed by atoms with E-state index in [-0.39, 0.29) is 30.9 Å². The number of rotatable bonds is 5. The van der Waals surface area contributed by atoms with E-state index in [4.69, 9.17) is 4.74 Å². The molecule has 0 aliphatic carbocycles. The van der Waals surface area contributed by atoms with Crippen molar-refractivity contribution in [1.82, 2.24) is 24.7 Å². The standard InChI is InChI=1S/C14H21F2N5O3/c1-2-24-14(23)20-9-7-19(8-10-20)13(22)18-4-3-11-17-5-6-21(11)12(15)16/h5-6,12H,2-4,7-10H2,1H3,(H,18,22). The number of nitrogens with zero attached hydrogens (tertiary/aromatic N) is 4. The highest BCUT2D eigenvalue weighted by Gasteiger charge is 2.24. The number of hydrogen-bond donors (Lipinski definition) is 1. The summed E-state index contributed by atoms with van der Waals surface area (Å²) in [5, 5.41) is 2.68. The molecule has 0 unspecified atom stereocenters. The van der Waals surface area contributed by atoms with Crippen molar-refractivity contribution in [3.05, 3.63) is 18.2 Å². The second-order valence-electron chi connectivity index (χ2n) is 5.18. The average molecular weight is 345 g/mol. The van der Waals surface area contributed by atoms with Crippen LogP contribution in [0.1, 0.15) is 19.3 Å². The molecule has 2 rings (SSSR count). The van der Waals surface area contributed by atoms with E-state index in [1.807, 2.05) is 0 Å². The fourth-order valence-electron chi connectivity index (χ4n) is 2.42. The number of imidazole rings is 1. The Morgan fingerprint density at radius 1 is 1.29 bits per heavy atom. The van der Waals surface area contributed by atoms with Crippen LogP contribution in [0, 0.1) is 0 Å². The Morgan fingerprint density at radius 3 is 2.58 bits per heavy atom. The second-order valence-corrected chi connectivity index (χ2v) is 5.18. The molecule has 0 bridgehead atoms. The normalized spacial score (nSPS) is 14.8. The zero-order valence-corrected chi connectivity index (χ0v) is 13.5. The highest BCUT2D eigenvalue weighted by Crippen LogP contribution is 2.12. The first-order valence-electron chi connectivity index (χ1n) is 7.77. The van der Waals surface area contributed by atoms with Crippen LogP contribution < -0.4 is 5.32 Å². The van der Waals surface area contributed by atoms with E-state index < -0.39 is 6.55 Å². The summed E-state index contributed by atoms with van der Waals surface area (Å²) >= 11 is 0. The molecule has 1 aromatic heterocycles. The third kappa shape index (κ3) is 4.56. The first-order chi connectivity index (χ1) is 11.5. The fourth-order valence-corrected chi connectivity index (χ4v) is 2.42. The molecular weight excluding hydrogens is 324 g/mol. The maximum absolute atomic E-state index is 12.7. The van der Waals surface area contributed by atoms with Gasteiger partial charge in [-0.25, -0.2) is 14.6 Å². The summed E-state index contributed by atoms with van der Waals surface area (Å²) in [4.78, 5) is 30.6. The van der Waals surface area contributed by atoms with E-state index in [1.54, 1.807) is 16.7 Å². The van der Waals surface area contributed by atoms with E-state index >= 15 is 0 Å². The second kappa shape index (κ2) is 8.46. The van der Waals surface area contributed by atoms with Gasteiger partial charge in [-0.15, -0.1) is 0 Å². The molecule has 3 amide bonds. The van der Waals surface area contributed by atoms with Gasteiger partial charge in [0.25, 0.3) is 0 Å². The van der Waals surface area contributed by atoms with Gasteiger partial charge in [0, 0.05) is 51.5 Å². The SMILES string of the molecule is CCOC(=O)N1CCN(C(=O)NCCc2nccn2C(F)F)CC1. The fraction of sp³-hybridized carbons (Fsp3) is 0.643. The molecule has 134 valence electrons. The Labute approximate surface area is 138 Å². The van der Waals surface area contributed by atoms with E-state index in [0.29, 0.717) is 32.8 Å². The maximum atomic E-state index is 12.7. The van der Waals surface area contributed by atoms with Gasteiger partial charge in [-0.05, 0) is 6.92 Å². The number of carbonyl (C=O) groups excluding carboxylic acids is 2. The molecule has 0 atom stereocenters. The Hall–Kier alpha value is -2.39. The largest absolute Gasteiger partial charge is 0.450 e. The summed E-state index contributed by atoms with van der Waals surface area (Å²) in [6, 6.07) is -0.284.